The van der Waals surface area contributed by atoms with Crippen molar-refractivity contribution in [1.82, 2.24) is 0 Å². The quantitative estimate of drug-likeness (QED) is 0.537. The Bertz CT molecular complexity index is 411. The van der Waals surface area contributed by atoms with Gasteiger partial charge in [-0.15, -0.1) is 0 Å². The van der Waals surface area contributed by atoms with Gasteiger partial charge in [-0.3, -0.25) is 4.57 Å². The van der Waals surface area contributed by atoms with E-state index in [1.807, 2.05) is 13.8 Å². The summed E-state index contributed by atoms with van der Waals surface area (Å²) in [6.07, 6.45) is 1.29. The molecule has 15 heavy (non-hydrogen) atoms. The van der Waals surface area contributed by atoms with E-state index in [0.29, 0.717) is 17.7 Å². The van der Waals surface area contributed by atoms with E-state index in [0.717, 1.165) is 12.0 Å². The third-order valence-electron chi connectivity index (χ3n) is 2.47. The van der Waals surface area contributed by atoms with Gasteiger partial charge in [0.25, 0.3) is 0 Å². The molecular formula is C10H16NO3P. The van der Waals surface area contributed by atoms with Crippen LogP contribution in [0.2, 0.25) is 0 Å². The minimum Gasteiger partial charge on any atom is -0.398 e. The maximum absolute atomic E-state index is 11.2. The predicted molar refractivity (Wildman–Crippen MR) is 61.3 cm³/mol. The van der Waals surface area contributed by atoms with Crippen molar-refractivity contribution >= 4 is 18.6 Å². The molecule has 0 saturated heterocycles. The van der Waals surface area contributed by atoms with Crippen molar-refractivity contribution in [3.63, 3.8) is 0 Å². The van der Waals surface area contributed by atoms with E-state index < -0.39 is 7.60 Å². The van der Waals surface area contributed by atoms with Crippen LogP contribution in [0.15, 0.2) is 12.1 Å². The van der Waals surface area contributed by atoms with E-state index in [4.69, 9.17) is 15.5 Å². The van der Waals surface area contributed by atoms with Crippen LogP contribution in [-0.4, -0.2) is 9.79 Å². The molecule has 0 unspecified atom stereocenters. The lowest BCUT2D eigenvalue weighted by molar-refractivity contribution is 0.387. The summed E-state index contributed by atoms with van der Waals surface area (Å²) in [5.74, 6) is 0. The van der Waals surface area contributed by atoms with Crippen molar-refractivity contribution in [2.75, 3.05) is 5.73 Å². The molecule has 1 aromatic carbocycles. The Labute approximate surface area is 89.3 Å². The molecule has 4 N–H and O–H groups in total. The predicted octanol–water partition coefficient (Wildman–Crippen LogP) is 1.20. The Kier molecular flexibility index (Phi) is 3.55. The van der Waals surface area contributed by atoms with Crippen molar-refractivity contribution in [2.24, 2.45) is 0 Å². The van der Waals surface area contributed by atoms with Gasteiger partial charge in [-0.25, -0.2) is 0 Å². The molecule has 0 amide bonds. The third kappa shape index (κ3) is 2.40. The van der Waals surface area contributed by atoms with Gasteiger partial charge in [0.2, 0.25) is 0 Å². The fraction of sp³-hybridized carbons (Fsp3) is 0.400. The lowest BCUT2D eigenvalue weighted by Crippen LogP contribution is -2.14. The van der Waals surface area contributed by atoms with Crippen molar-refractivity contribution < 1.29 is 14.4 Å². The van der Waals surface area contributed by atoms with Crippen LogP contribution in [-0.2, 0) is 17.4 Å². The highest BCUT2D eigenvalue weighted by atomic mass is 31.2. The van der Waals surface area contributed by atoms with Crippen LogP contribution in [0.5, 0.6) is 0 Å². The highest BCUT2D eigenvalue weighted by Crippen LogP contribution is 2.37. The van der Waals surface area contributed by atoms with Crippen molar-refractivity contribution in [3.8, 4) is 0 Å². The van der Waals surface area contributed by atoms with Gasteiger partial charge in [-0.1, -0.05) is 19.9 Å². The Morgan fingerprint density at radius 2 is 1.87 bits per heavy atom. The molecule has 0 saturated carbocycles. The van der Waals surface area contributed by atoms with E-state index in [-0.39, 0.29) is 5.30 Å². The summed E-state index contributed by atoms with van der Waals surface area (Å²) < 4.78 is 11.2. The van der Waals surface area contributed by atoms with Crippen LogP contribution in [0.3, 0.4) is 0 Å². The molecule has 84 valence electrons. The van der Waals surface area contributed by atoms with E-state index in [2.05, 4.69) is 0 Å². The zero-order chi connectivity index (χ0) is 11.6. The third-order valence-corrected chi connectivity index (χ3v) is 3.52. The number of rotatable bonds is 3. The fourth-order valence-corrected chi connectivity index (χ4v) is 2.55. The van der Waals surface area contributed by atoms with Crippen LogP contribution < -0.4 is 11.0 Å². The number of hydrogen-bond donors (Lipinski definition) is 3. The first kappa shape index (κ1) is 12.2. The molecule has 0 spiro atoms. The van der Waals surface area contributed by atoms with Gasteiger partial charge in [0.1, 0.15) is 0 Å². The van der Waals surface area contributed by atoms with E-state index >= 15 is 0 Å². The summed E-state index contributed by atoms with van der Waals surface area (Å²) in [6.45, 7) is 3.80. The fourth-order valence-electron chi connectivity index (χ4n) is 1.65. The SMILES string of the molecule is CCc1ccc(P(=O)(O)O)c(CC)c1N. The molecule has 0 fully saturated rings. The molecule has 5 heteroatoms. The molecule has 0 aliphatic heterocycles. The monoisotopic (exact) mass is 229 g/mol. The molecule has 1 aromatic rings. The Balaban J connectivity index is 3.44. The molecule has 0 bridgehead atoms. The Morgan fingerprint density at radius 1 is 1.27 bits per heavy atom. The number of anilines is 1. The van der Waals surface area contributed by atoms with Crippen LogP contribution in [0, 0.1) is 0 Å². The average Bonchev–Trinajstić information content (AvgIpc) is 2.15. The van der Waals surface area contributed by atoms with Gasteiger partial charge in [0.15, 0.2) is 0 Å². The smallest absolute Gasteiger partial charge is 0.356 e. The van der Waals surface area contributed by atoms with Crippen LogP contribution in [0.4, 0.5) is 5.69 Å². The zero-order valence-corrected chi connectivity index (χ0v) is 9.79. The maximum Gasteiger partial charge on any atom is 0.356 e. The van der Waals surface area contributed by atoms with Gasteiger partial charge < -0.3 is 15.5 Å². The standard InChI is InChI=1S/C10H16NO3P/c1-3-7-5-6-9(15(12,13)14)8(4-2)10(7)11/h5-6H,3-4,11H2,1-2H3,(H2,12,13,14). The molecule has 4 nitrogen and oxygen atoms in total. The molecular weight excluding hydrogens is 213 g/mol. The molecule has 0 heterocycles. The van der Waals surface area contributed by atoms with Crippen LogP contribution >= 0.6 is 7.60 Å². The van der Waals surface area contributed by atoms with Gasteiger partial charge in [0, 0.05) is 5.69 Å². The van der Waals surface area contributed by atoms with Crippen LogP contribution in [0.1, 0.15) is 25.0 Å². The largest absolute Gasteiger partial charge is 0.398 e. The van der Waals surface area contributed by atoms with Crippen molar-refractivity contribution in [3.05, 3.63) is 23.3 Å². The first-order valence-corrected chi connectivity index (χ1v) is 6.49. The minimum absolute atomic E-state index is 0.0553. The lowest BCUT2D eigenvalue weighted by atomic mass is 10.0. The normalized spacial score (nSPS) is 11.7. The Hall–Kier alpha value is -0.830. The summed E-state index contributed by atoms with van der Waals surface area (Å²) in [5, 5.41) is 0.0553. The number of nitrogen functional groups attached to an aromatic ring is 1. The first-order chi connectivity index (χ1) is 6.91. The minimum atomic E-state index is -4.21. The summed E-state index contributed by atoms with van der Waals surface area (Å²) in [5.41, 5.74) is 7.88. The first-order valence-electron chi connectivity index (χ1n) is 4.88. The van der Waals surface area contributed by atoms with Crippen molar-refractivity contribution in [2.45, 2.75) is 26.7 Å². The van der Waals surface area contributed by atoms with E-state index in [1.165, 1.54) is 6.07 Å². The summed E-state index contributed by atoms with van der Waals surface area (Å²) in [6, 6.07) is 3.16. The number of nitrogens with two attached hydrogens (primary N) is 1. The second-order valence-corrected chi connectivity index (χ2v) is 4.96. The number of aryl methyl sites for hydroxylation is 1. The molecule has 0 aromatic heterocycles. The zero-order valence-electron chi connectivity index (χ0n) is 8.90. The van der Waals surface area contributed by atoms with Gasteiger partial charge >= 0.3 is 7.60 Å². The second-order valence-electron chi connectivity index (χ2n) is 3.39. The van der Waals surface area contributed by atoms with Gasteiger partial charge in [-0.2, -0.15) is 0 Å². The van der Waals surface area contributed by atoms with Crippen molar-refractivity contribution in [1.29, 1.82) is 0 Å². The highest BCUT2D eigenvalue weighted by molar-refractivity contribution is 7.60. The topological polar surface area (TPSA) is 83.5 Å². The number of benzene rings is 1. The molecule has 0 atom stereocenters. The second kappa shape index (κ2) is 4.35. The van der Waals surface area contributed by atoms with Crippen LogP contribution in [0.25, 0.3) is 0 Å². The highest BCUT2D eigenvalue weighted by Gasteiger charge is 2.22. The molecule has 0 aliphatic carbocycles. The van der Waals surface area contributed by atoms with Gasteiger partial charge in [0.05, 0.1) is 5.30 Å². The maximum atomic E-state index is 11.2. The summed E-state index contributed by atoms with van der Waals surface area (Å²) >= 11 is 0. The average molecular weight is 229 g/mol. The lowest BCUT2D eigenvalue weighted by Gasteiger charge is -2.14. The summed E-state index contributed by atoms with van der Waals surface area (Å²) in [4.78, 5) is 18.3. The Morgan fingerprint density at radius 3 is 2.27 bits per heavy atom. The van der Waals surface area contributed by atoms with Gasteiger partial charge in [-0.05, 0) is 30.0 Å². The molecule has 0 radical (unpaired) electrons. The number of hydrogen-bond acceptors (Lipinski definition) is 2. The van der Waals surface area contributed by atoms with E-state index in [9.17, 15) is 4.57 Å². The molecule has 1 rings (SSSR count). The summed E-state index contributed by atoms with van der Waals surface area (Å²) in [7, 11) is -4.21. The van der Waals surface area contributed by atoms with E-state index in [1.54, 1.807) is 6.07 Å². The molecule has 0 aliphatic rings.